The Bertz CT molecular complexity index is 363. The van der Waals surface area contributed by atoms with Crippen molar-refractivity contribution in [1.29, 1.82) is 0 Å². The predicted molar refractivity (Wildman–Crippen MR) is 58.5 cm³/mol. The molecule has 1 aromatic heterocycles. The van der Waals surface area contributed by atoms with E-state index in [0.29, 0.717) is 5.69 Å². The van der Waals surface area contributed by atoms with Crippen LogP contribution in [-0.2, 0) is 9.53 Å². The normalized spacial score (nSPS) is 11.2. The second-order valence-corrected chi connectivity index (χ2v) is 4.06. The lowest BCUT2D eigenvalue weighted by molar-refractivity contribution is -0.121. The lowest BCUT2D eigenvalue weighted by Gasteiger charge is -2.21. The highest BCUT2D eigenvalue weighted by Crippen LogP contribution is 2.14. The molecule has 0 aliphatic heterocycles. The maximum Gasteiger partial charge on any atom is 0.227 e. The monoisotopic (exact) mass is 226 g/mol. The van der Waals surface area contributed by atoms with Gasteiger partial charge in [0, 0.05) is 7.11 Å². The summed E-state index contributed by atoms with van der Waals surface area (Å²) >= 11 is 0. The summed E-state index contributed by atoms with van der Waals surface area (Å²) < 4.78 is 17.6. The first kappa shape index (κ1) is 12.6. The average Bonchev–Trinajstić information content (AvgIpc) is 2.21. The molecule has 0 saturated carbocycles. The van der Waals surface area contributed by atoms with Gasteiger partial charge < -0.3 is 10.1 Å². The van der Waals surface area contributed by atoms with Crippen LogP contribution in [0.4, 0.5) is 10.1 Å². The van der Waals surface area contributed by atoms with Crippen LogP contribution in [0, 0.1) is 5.95 Å². The minimum absolute atomic E-state index is 0.194. The van der Waals surface area contributed by atoms with Crippen LogP contribution in [0.2, 0.25) is 0 Å². The number of nitrogens with one attached hydrogen (secondary N) is 1. The van der Waals surface area contributed by atoms with E-state index in [-0.39, 0.29) is 12.3 Å². The van der Waals surface area contributed by atoms with Crippen LogP contribution in [0.25, 0.3) is 0 Å². The van der Waals surface area contributed by atoms with Gasteiger partial charge in [0.1, 0.15) is 0 Å². The molecular formula is C11H15FN2O2. The number of pyridine rings is 1. The molecule has 1 N–H and O–H groups in total. The minimum Gasteiger partial charge on any atom is -0.378 e. The first-order valence-corrected chi connectivity index (χ1v) is 4.89. The van der Waals surface area contributed by atoms with Crippen molar-refractivity contribution in [2.24, 2.45) is 0 Å². The molecule has 1 amide bonds. The number of aromatic nitrogens is 1. The van der Waals surface area contributed by atoms with Crippen LogP contribution in [0.1, 0.15) is 20.3 Å². The number of carbonyl (C=O) groups excluding carboxylic acids is 1. The Labute approximate surface area is 93.8 Å². The third-order valence-corrected chi connectivity index (χ3v) is 2.15. The number of carbonyl (C=O) groups is 1. The van der Waals surface area contributed by atoms with Gasteiger partial charge in [-0.1, -0.05) is 0 Å². The summed E-state index contributed by atoms with van der Waals surface area (Å²) in [5.74, 6) is -0.768. The number of methoxy groups -OCH3 is 1. The fraction of sp³-hybridized carbons (Fsp3) is 0.455. The molecule has 0 unspecified atom stereocenters. The Hall–Kier alpha value is -1.49. The quantitative estimate of drug-likeness (QED) is 0.798. The highest BCUT2D eigenvalue weighted by Gasteiger charge is 2.20. The standard InChI is InChI=1S/C11H15FN2O2/c1-11(2,16-3)6-10(15)14-8-4-5-9(12)13-7-8/h4-5,7H,6H2,1-3H3,(H,14,15). The van der Waals surface area contributed by atoms with Crippen molar-refractivity contribution in [3.05, 3.63) is 24.3 Å². The molecule has 0 spiro atoms. The average molecular weight is 226 g/mol. The third kappa shape index (κ3) is 3.94. The first-order valence-electron chi connectivity index (χ1n) is 4.89. The fourth-order valence-corrected chi connectivity index (χ4v) is 1.11. The topological polar surface area (TPSA) is 51.2 Å². The van der Waals surface area contributed by atoms with Crippen molar-refractivity contribution in [3.63, 3.8) is 0 Å². The molecule has 1 rings (SSSR count). The van der Waals surface area contributed by atoms with Crippen molar-refractivity contribution in [2.75, 3.05) is 12.4 Å². The molecule has 1 heterocycles. The van der Waals surface area contributed by atoms with E-state index in [1.165, 1.54) is 18.3 Å². The molecule has 0 radical (unpaired) electrons. The second-order valence-electron chi connectivity index (χ2n) is 4.06. The molecule has 88 valence electrons. The molecule has 16 heavy (non-hydrogen) atoms. The van der Waals surface area contributed by atoms with Crippen LogP contribution in [0.5, 0.6) is 0 Å². The number of anilines is 1. The van der Waals surface area contributed by atoms with Gasteiger partial charge in [0.25, 0.3) is 0 Å². The summed E-state index contributed by atoms with van der Waals surface area (Å²) in [6.07, 6.45) is 1.49. The van der Waals surface area contributed by atoms with Gasteiger partial charge in [0.05, 0.1) is 23.9 Å². The van der Waals surface area contributed by atoms with E-state index in [4.69, 9.17) is 4.74 Å². The van der Waals surface area contributed by atoms with Crippen molar-refractivity contribution >= 4 is 11.6 Å². The van der Waals surface area contributed by atoms with E-state index in [2.05, 4.69) is 10.3 Å². The number of halogens is 1. The summed E-state index contributed by atoms with van der Waals surface area (Å²) in [4.78, 5) is 15.0. The Morgan fingerprint density at radius 1 is 1.56 bits per heavy atom. The summed E-state index contributed by atoms with van der Waals surface area (Å²) in [6.45, 7) is 3.63. The minimum atomic E-state index is -0.574. The van der Waals surface area contributed by atoms with E-state index >= 15 is 0 Å². The van der Waals surface area contributed by atoms with Gasteiger partial charge in [-0.25, -0.2) is 4.98 Å². The smallest absolute Gasteiger partial charge is 0.227 e. The Kier molecular flexibility index (Phi) is 3.95. The Morgan fingerprint density at radius 2 is 2.25 bits per heavy atom. The predicted octanol–water partition coefficient (Wildman–Crippen LogP) is 1.97. The van der Waals surface area contributed by atoms with Gasteiger partial charge in [-0.05, 0) is 26.0 Å². The third-order valence-electron chi connectivity index (χ3n) is 2.15. The van der Waals surface area contributed by atoms with E-state index in [1.54, 1.807) is 7.11 Å². The molecule has 4 nitrogen and oxygen atoms in total. The van der Waals surface area contributed by atoms with Crippen molar-refractivity contribution in [2.45, 2.75) is 25.9 Å². The van der Waals surface area contributed by atoms with Gasteiger partial charge in [-0.15, -0.1) is 0 Å². The summed E-state index contributed by atoms with van der Waals surface area (Å²) in [6, 6.07) is 2.65. The van der Waals surface area contributed by atoms with Gasteiger partial charge in [-0.2, -0.15) is 4.39 Å². The number of nitrogens with zero attached hydrogens (tertiary/aromatic N) is 1. The molecule has 0 aromatic carbocycles. The van der Waals surface area contributed by atoms with E-state index in [0.717, 1.165) is 0 Å². The van der Waals surface area contributed by atoms with Gasteiger partial charge in [-0.3, -0.25) is 4.79 Å². The maximum atomic E-state index is 12.5. The molecule has 0 aliphatic rings. The summed E-state index contributed by atoms with van der Waals surface area (Å²) in [7, 11) is 1.55. The molecule has 0 fully saturated rings. The van der Waals surface area contributed by atoms with Gasteiger partial charge in [0.15, 0.2) is 0 Å². The van der Waals surface area contributed by atoms with Crippen LogP contribution >= 0.6 is 0 Å². The number of hydrogen-bond acceptors (Lipinski definition) is 3. The largest absolute Gasteiger partial charge is 0.378 e. The highest BCUT2D eigenvalue weighted by molar-refractivity contribution is 5.91. The molecular weight excluding hydrogens is 211 g/mol. The zero-order valence-electron chi connectivity index (χ0n) is 9.58. The maximum absolute atomic E-state index is 12.5. The molecule has 5 heteroatoms. The van der Waals surface area contributed by atoms with Crippen LogP contribution in [0.15, 0.2) is 18.3 Å². The van der Waals surface area contributed by atoms with E-state index in [9.17, 15) is 9.18 Å². The second kappa shape index (κ2) is 5.03. The van der Waals surface area contributed by atoms with Crippen LogP contribution < -0.4 is 5.32 Å². The zero-order valence-corrected chi connectivity index (χ0v) is 9.58. The molecule has 0 saturated heterocycles. The summed E-state index contributed by atoms with van der Waals surface area (Å²) in [5.41, 5.74) is -0.0457. The molecule has 0 atom stereocenters. The lowest BCUT2D eigenvalue weighted by atomic mass is 10.1. The van der Waals surface area contributed by atoms with Gasteiger partial charge >= 0.3 is 0 Å². The lowest BCUT2D eigenvalue weighted by Crippen LogP contribution is -2.29. The Morgan fingerprint density at radius 3 is 2.75 bits per heavy atom. The van der Waals surface area contributed by atoms with Crippen molar-refractivity contribution in [1.82, 2.24) is 4.98 Å². The molecule has 0 bridgehead atoms. The van der Waals surface area contributed by atoms with Crippen molar-refractivity contribution in [3.8, 4) is 0 Å². The highest BCUT2D eigenvalue weighted by atomic mass is 19.1. The number of hydrogen-bond donors (Lipinski definition) is 1. The van der Waals surface area contributed by atoms with Crippen molar-refractivity contribution < 1.29 is 13.9 Å². The zero-order chi connectivity index (χ0) is 12.2. The van der Waals surface area contributed by atoms with Gasteiger partial charge in [0.2, 0.25) is 11.9 Å². The summed E-state index contributed by atoms with van der Waals surface area (Å²) in [5, 5.41) is 2.61. The first-order chi connectivity index (χ1) is 7.43. The molecule has 1 aromatic rings. The fourth-order valence-electron chi connectivity index (χ4n) is 1.11. The van der Waals surface area contributed by atoms with E-state index < -0.39 is 11.5 Å². The Balaban J connectivity index is 2.55. The SMILES string of the molecule is COC(C)(C)CC(=O)Nc1ccc(F)nc1. The van der Waals surface area contributed by atoms with Crippen LogP contribution in [-0.4, -0.2) is 23.6 Å². The number of amides is 1. The van der Waals surface area contributed by atoms with E-state index in [1.807, 2.05) is 13.8 Å². The number of ether oxygens (including phenoxy) is 1. The van der Waals surface area contributed by atoms with Crippen LogP contribution in [0.3, 0.4) is 0 Å². The molecule has 0 aliphatic carbocycles. The number of rotatable bonds is 4.